The number of ketones is 1. The van der Waals surface area contributed by atoms with Crippen molar-refractivity contribution < 1.29 is 9.53 Å². The van der Waals surface area contributed by atoms with Crippen LogP contribution in [0.1, 0.15) is 29.8 Å². The van der Waals surface area contributed by atoms with E-state index in [-0.39, 0.29) is 5.78 Å². The van der Waals surface area contributed by atoms with Gasteiger partial charge in [-0.3, -0.25) is 4.79 Å². The summed E-state index contributed by atoms with van der Waals surface area (Å²) in [6.07, 6.45) is 2.57. The lowest BCUT2D eigenvalue weighted by Gasteiger charge is -2.20. The number of nitrogens with zero attached hydrogens (tertiary/aromatic N) is 2. The summed E-state index contributed by atoms with van der Waals surface area (Å²) in [4.78, 5) is 11.6. The number of hydrogen-bond donors (Lipinski definition) is 0. The summed E-state index contributed by atoms with van der Waals surface area (Å²) in [6.45, 7) is 1.57. The normalized spacial score (nSPS) is 18.3. The molecule has 1 aliphatic rings. The minimum atomic E-state index is 0.116. The van der Waals surface area contributed by atoms with Gasteiger partial charge in [-0.05, 0) is 30.3 Å². The third kappa shape index (κ3) is 2.36. The van der Waals surface area contributed by atoms with E-state index in [1.165, 1.54) is 11.5 Å². The van der Waals surface area contributed by atoms with E-state index in [0.717, 1.165) is 26.1 Å². The molecule has 0 atom stereocenters. The van der Waals surface area contributed by atoms with E-state index < -0.39 is 0 Å². The van der Waals surface area contributed by atoms with Crippen molar-refractivity contribution in [3.05, 3.63) is 11.1 Å². The number of hydrogen-bond acceptors (Lipinski definition) is 5. The van der Waals surface area contributed by atoms with Crippen molar-refractivity contribution in [2.45, 2.75) is 19.3 Å². The van der Waals surface area contributed by atoms with Crippen LogP contribution < -0.4 is 0 Å². The van der Waals surface area contributed by atoms with E-state index in [9.17, 15) is 4.79 Å². The molecule has 0 amide bonds. The first-order valence-corrected chi connectivity index (χ1v) is 5.58. The van der Waals surface area contributed by atoms with Crippen LogP contribution in [0.5, 0.6) is 0 Å². The molecule has 4 nitrogen and oxygen atoms in total. The van der Waals surface area contributed by atoms with Gasteiger partial charge < -0.3 is 4.74 Å². The largest absolute Gasteiger partial charge is 0.381 e. The summed E-state index contributed by atoms with van der Waals surface area (Å²) >= 11 is 1.22. The van der Waals surface area contributed by atoms with Crippen LogP contribution in [0.2, 0.25) is 0 Å². The number of carbonyl (C=O) groups is 1. The highest BCUT2D eigenvalue weighted by atomic mass is 32.1. The van der Waals surface area contributed by atoms with Crippen molar-refractivity contribution in [3.63, 3.8) is 0 Å². The highest BCUT2D eigenvalue weighted by molar-refractivity contribution is 7.03. The Kier molecular flexibility index (Phi) is 3.21. The van der Waals surface area contributed by atoms with Gasteiger partial charge in [0, 0.05) is 25.0 Å². The second-order valence-corrected chi connectivity index (χ2v) is 4.08. The molecule has 1 aliphatic heterocycles. The fourth-order valence-corrected chi connectivity index (χ4v) is 2.06. The molecule has 0 bridgehead atoms. The van der Waals surface area contributed by atoms with E-state index in [1.807, 2.05) is 0 Å². The molecule has 0 saturated carbocycles. The van der Waals surface area contributed by atoms with Crippen LogP contribution in [0.4, 0.5) is 0 Å². The van der Waals surface area contributed by atoms with Crippen LogP contribution in [0.15, 0.2) is 5.38 Å². The Balaban J connectivity index is 1.87. The van der Waals surface area contributed by atoms with Crippen LogP contribution >= 0.6 is 11.5 Å². The predicted octanol–water partition coefficient (Wildman–Crippen LogP) is 1.54. The molecular weight excluding hydrogens is 200 g/mol. The summed E-state index contributed by atoms with van der Waals surface area (Å²) in [6, 6.07) is 0. The molecule has 2 heterocycles. The minimum absolute atomic E-state index is 0.116. The van der Waals surface area contributed by atoms with Crippen molar-refractivity contribution in [1.29, 1.82) is 0 Å². The van der Waals surface area contributed by atoms with Crippen LogP contribution in [0.3, 0.4) is 0 Å². The smallest absolute Gasteiger partial charge is 0.184 e. The summed E-state index contributed by atoms with van der Waals surface area (Å²) in [5, 5.41) is 5.48. The number of rotatable bonds is 3. The molecule has 0 unspecified atom stereocenters. The summed E-state index contributed by atoms with van der Waals surface area (Å²) < 4.78 is 8.92. The standard InChI is InChI=1S/C9H12N2O2S/c12-9(8-6-14-11-10-8)5-7-1-3-13-4-2-7/h6-7H,1-5H2. The zero-order valence-corrected chi connectivity index (χ0v) is 8.63. The molecule has 76 valence electrons. The Morgan fingerprint density at radius 2 is 2.36 bits per heavy atom. The Labute approximate surface area is 86.4 Å². The highest BCUT2D eigenvalue weighted by Gasteiger charge is 2.19. The van der Waals surface area contributed by atoms with E-state index in [1.54, 1.807) is 5.38 Å². The minimum Gasteiger partial charge on any atom is -0.381 e. The molecule has 0 radical (unpaired) electrons. The van der Waals surface area contributed by atoms with Crippen LogP contribution in [0.25, 0.3) is 0 Å². The Morgan fingerprint density at radius 3 is 3.00 bits per heavy atom. The summed E-state index contributed by atoms with van der Waals surface area (Å²) in [7, 11) is 0. The van der Waals surface area contributed by atoms with E-state index in [0.29, 0.717) is 18.0 Å². The third-order valence-corrected chi connectivity index (χ3v) is 2.97. The van der Waals surface area contributed by atoms with Crippen LogP contribution in [0, 0.1) is 5.92 Å². The number of ether oxygens (including phenoxy) is 1. The molecule has 1 aromatic rings. The van der Waals surface area contributed by atoms with Gasteiger partial charge in [-0.2, -0.15) is 0 Å². The van der Waals surface area contributed by atoms with Gasteiger partial charge in [0.25, 0.3) is 0 Å². The Bertz CT molecular complexity index is 294. The van der Waals surface area contributed by atoms with E-state index in [2.05, 4.69) is 9.59 Å². The molecule has 0 aliphatic carbocycles. The summed E-state index contributed by atoms with van der Waals surface area (Å²) in [5.74, 6) is 0.587. The zero-order valence-electron chi connectivity index (χ0n) is 7.81. The lowest BCUT2D eigenvalue weighted by molar-refractivity contribution is 0.0599. The van der Waals surface area contributed by atoms with Crippen molar-refractivity contribution >= 4 is 17.3 Å². The first-order valence-electron chi connectivity index (χ1n) is 4.74. The highest BCUT2D eigenvalue weighted by Crippen LogP contribution is 2.20. The third-order valence-electron chi connectivity index (χ3n) is 2.46. The molecular formula is C9H12N2O2S. The van der Waals surface area contributed by atoms with E-state index in [4.69, 9.17) is 4.74 Å². The molecule has 2 rings (SSSR count). The van der Waals surface area contributed by atoms with Gasteiger partial charge in [-0.25, -0.2) is 0 Å². The van der Waals surface area contributed by atoms with Gasteiger partial charge >= 0.3 is 0 Å². The maximum absolute atomic E-state index is 11.6. The van der Waals surface area contributed by atoms with Gasteiger partial charge in [0.15, 0.2) is 5.78 Å². The monoisotopic (exact) mass is 212 g/mol. The lowest BCUT2D eigenvalue weighted by atomic mass is 9.94. The second-order valence-electron chi connectivity index (χ2n) is 3.47. The van der Waals surface area contributed by atoms with Crippen LogP contribution in [-0.4, -0.2) is 28.6 Å². The van der Waals surface area contributed by atoms with Gasteiger partial charge in [-0.1, -0.05) is 4.49 Å². The van der Waals surface area contributed by atoms with Crippen molar-refractivity contribution in [2.75, 3.05) is 13.2 Å². The Morgan fingerprint density at radius 1 is 1.57 bits per heavy atom. The number of carbonyl (C=O) groups excluding carboxylic acids is 1. The van der Waals surface area contributed by atoms with Crippen molar-refractivity contribution in [1.82, 2.24) is 9.59 Å². The fourth-order valence-electron chi connectivity index (χ4n) is 1.60. The maximum atomic E-state index is 11.6. The fraction of sp³-hybridized carbons (Fsp3) is 0.667. The first kappa shape index (κ1) is 9.73. The Hall–Kier alpha value is -0.810. The quantitative estimate of drug-likeness (QED) is 0.713. The molecule has 0 aromatic carbocycles. The lowest BCUT2D eigenvalue weighted by Crippen LogP contribution is -2.18. The van der Waals surface area contributed by atoms with Gasteiger partial charge in [0.05, 0.1) is 0 Å². The average molecular weight is 212 g/mol. The van der Waals surface area contributed by atoms with Gasteiger partial charge in [0.1, 0.15) is 5.69 Å². The molecule has 1 aromatic heterocycles. The zero-order chi connectivity index (χ0) is 9.80. The second kappa shape index (κ2) is 4.61. The molecule has 0 N–H and O–H groups in total. The number of Topliss-reactive ketones (excluding diaryl/α,β-unsaturated/α-hetero) is 1. The van der Waals surface area contributed by atoms with Crippen molar-refractivity contribution in [2.24, 2.45) is 5.92 Å². The summed E-state index contributed by atoms with van der Waals surface area (Å²) in [5.41, 5.74) is 0.515. The molecule has 0 spiro atoms. The maximum Gasteiger partial charge on any atom is 0.184 e. The number of aromatic nitrogens is 2. The van der Waals surface area contributed by atoms with Gasteiger partial charge in [0.2, 0.25) is 0 Å². The SMILES string of the molecule is O=C(CC1CCOCC1)c1csnn1. The van der Waals surface area contributed by atoms with Crippen molar-refractivity contribution in [3.8, 4) is 0 Å². The first-order chi connectivity index (χ1) is 6.86. The van der Waals surface area contributed by atoms with E-state index >= 15 is 0 Å². The average Bonchev–Trinajstić information content (AvgIpc) is 2.72. The molecule has 1 fully saturated rings. The van der Waals surface area contributed by atoms with Crippen LogP contribution in [-0.2, 0) is 4.74 Å². The molecule has 5 heteroatoms. The molecule has 1 saturated heterocycles. The van der Waals surface area contributed by atoms with Gasteiger partial charge in [-0.15, -0.1) is 5.10 Å². The predicted molar refractivity (Wildman–Crippen MR) is 52.4 cm³/mol. The topological polar surface area (TPSA) is 52.1 Å². The molecule has 14 heavy (non-hydrogen) atoms.